The van der Waals surface area contributed by atoms with Crippen molar-refractivity contribution in [2.24, 2.45) is 11.7 Å². The van der Waals surface area contributed by atoms with Crippen molar-refractivity contribution in [1.29, 1.82) is 0 Å². The highest BCUT2D eigenvalue weighted by molar-refractivity contribution is 9.10. The standard InChI is InChI=1S/C13H20BrN3/c1-9(2)17-4-3-10(6-15)13(17)11-5-12(14)8-16-7-11/h5,7-10,13H,3-4,6,15H2,1-2H3. The molecule has 2 unspecified atom stereocenters. The third kappa shape index (κ3) is 2.69. The molecule has 2 N–H and O–H groups in total. The summed E-state index contributed by atoms with van der Waals surface area (Å²) in [6.07, 6.45) is 4.99. The van der Waals surface area contributed by atoms with Gasteiger partial charge in [0.2, 0.25) is 0 Å². The van der Waals surface area contributed by atoms with Crippen LogP contribution < -0.4 is 5.73 Å². The van der Waals surface area contributed by atoms with Crippen molar-refractivity contribution in [3.05, 3.63) is 28.5 Å². The summed E-state index contributed by atoms with van der Waals surface area (Å²) < 4.78 is 1.04. The second-order valence-electron chi connectivity index (χ2n) is 5.00. The van der Waals surface area contributed by atoms with Crippen LogP contribution >= 0.6 is 15.9 Å². The predicted molar refractivity (Wildman–Crippen MR) is 73.7 cm³/mol. The lowest BCUT2D eigenvalue weighted by atomic mass is 9.94. The minimum absolute atomic E-state index is 0.421. The van der Waals surface area contributed by atoms with Crippen molar-refractivity contribution in [3.8, 4) is 0 Å². The highest BCUT2D eigenvalue weighted by Gasteiger charge is 2.35. The smallest absolute Gasteiger partial charge is 0.0410 e. The quantitative estimate of drug-likeness (QED) is 0.932. The summed E-state index contributed by atoms with van der Waals surface area (Å²) in [4.78, 5) is 6.81. The molecule has 1 aromatic rings. The number of likely N-dealkylation sites (tertiary alicyclic amines) is 1. The van der Waals surface area contributed by atoms with Crippen LogP contribution in [0.15, 0.2) is 22.9 Å². The Morgan fingerprint density at radius 3 is 2.88 bits per heavy atom. The van der Waals surface area contributed by atoms with Gasteiger partial charge in [-0.15, -0.1) is 0 Å². The fourth-order valence-corrected chi connectivity index (χ4v) is 3.15. The van der Waals surface area contributed by atoms with Crippen molar-refractivity contribution >= 4 is 15.9 Å². The zero-order chi connectivity index (χ0) is 12.4. The minimum Gasteiger partial charge on any atom is -0.330 e. The molecule has 17 heavy (non-hydrogen) atoms. The lowest BCUT2D eigenvalue weighted by Gasteiger charge is -2.31. The van der Waals surface area contributed by atoms with Gasteiger partial charge in [0.1, 0.15) is 0 Å². The molecular formula is C13H20BrN3. The van der Waals surface area contributed by atoms with E-state index < -0.39 is 0 Å². The Hall–Kier alpha value is -0.450. The lowest BCUT2D eigenvalue weighted by Crippen LogP contribution is -2.33. The fourth-order valence-electron chi connectivity index (χ4n) is 2.76. The van der Waals surface area contributed by atoms with Gasteiger partial charge in [0.15, 0.2) is 0 Å². The highest BCUT2D eigenvalue weighted by atomic mass is 79.9. The number of halogens is 1. The number of hydrogen-bond donors (Lipinski definition) is 1. The van der Waals surface area contributed by atoms with E-state index in [1.807, 2.05) is 12.4 Å². The monoisotopic (exact) mass is 297 g/mol. The third-order valence-electron chi connectivity index (χ3n) is 3.60. The molecule has 2 atom stereocenters. The molecule has 1 saturated heterocycles. The lowest BCUT2D eigenvalue weighted by molar-refractivity contribution is 0.184. The summed E-state index contributed by atoms with van der Waals surface area (Å²) in [5.74, 6) is 0.550. The van der Waals surface area contributed by atoms with Crippen LogP contribution in [0.5, 0.6) is 0 Å². The molecule has 1 aliphatic rings. The van der Waals surface area contributed by atoms with Crippen molar-refractivity contribution in [2.45, 2.75) is 32.4 Å². The number of rotatable bonds is 3. The number of aromatic nitrogens is 1. The van der Waals surface area contributed by atoms with Crippen LogP contribution in [0.25, 0.3) is 0 Å². The van der Waals surface area contributed by atoms with Crippen LogP contribution in [0.4, 0.5) is 0 Å². The van der Waals surface area contributed by atoms with E-state index in [4.69, 9.17) is 5.73 Å². The summed E-state index contributed by atoms with van der Waals surface area (Å²) in [5.41, 5.74) is 7.18. The predicted octanol–water partition coefficient (Wildman–Crippen LogP) is 2.57. The van der Waals surface area contributed by atoms with E-state index in [2.05, 4.69) is 45.7 Å². The molecule has 4 heteroatoms. The van der Waals surface area contributed by atoms with E-state index in [9.17, 15) is 0 Å². The SMILES string of the molecule is CC(C)N1CCC(CN)C1c1cncc(Br)c1. The first-order chi connectivity index (χ1) is 8.13. The van der Waals surface area contributed by atoms with E-state index >= 15 is 0 Å². The molecular weight excluding hydrogens is 278 g/mol. The summed E-state index contributed by atoms with van der Waals surface area (Å²) in [6.45, 7) is 6.38. The largest absolute Gasteiger partial charge is 0.330 e. The van der Waals surface area contributed by atoms with E-state index in [0.717, 1.165) is 17.6 Å². The fraction of sp³-hybridized carbons (Fsp3) is 0.615. The Morgan fingerprint density at radius 2 is 2.29 bits per heavy atom. The molecule has 1 aliphatic heterocycles. The summed E-state index contributed by atoms with van der Waals surface area (Å²) in [5, 5.41) is 0. The van der Waals surface area contributed by atoms with Gasteiger partial charge in [0, 0.05) is 29.0 Å². The molecule has 1 fully saturated rings. The molecule has 0 amide bonds. The molecule has 94 valence electrons. The third-order valence-corrected chi connectivity index (χ3v) is 4.03. The first-order valence-electron chi connectivity index (χ1n) is 6.19. The molecule has 0 saturated carbocycles. The van der Waals surface area contributed by atoms with Crippen LogP contribution in [0.1, 0.15) is 31.9 Å². The van der Waals surface area contributed by atoms with Crippen LogP contribution in [0, 0.1) is 5.92 Å². The Labute approximate surface area is 112 Å². The van der Waals surface area contributed by atoms with Gasteiger partial charge in [-0.3, -0.25) is 9.88 Å². The van der Waals surface area contributed by atoms with Crippen LogP contribution in [-0.2, 0) is 0 Å². The first-order valence-corrected chi connectivity index (χ1v) is 6.99. The average molecular weight is 298 g/mol. The van der Waals surface area contributed by atoms with Crippen molar-refractivity contribution in [3.63, 3.8) is 0 Å². The second-order valence-corrected chi connectivity index (χ2v) is 5.91. The maximum atomic E-state index is 5.90. The normalized spacial score (nSPS) is 25.7. The van der Waals surface area contributed by atoms with Gasteiger partial charge < -0.3 is 5.73 Å². The Kier molecular flexibility index (Phi) is 4.17. The number of nitrogens with two attached hydrogens (primary N) is 1. The Morgan fingerprint density at radius 1 is 1.53 bits per heavy atom. The topological polar surface area (TPSA) is 42.1 Å². The van der Waals surface area contributed by atoms with Gasteiger partial charge in [0.05, 0.1) is 0 Å². The van der Waals surface area contributed by atoms with Gasteiger partial charge in [-0.05, 0) is 66.8 Å². The minimum atomic E-state index is 0.421. The molecule has 3 nitrogen and oxygen atoms in total. The molecule has 2 heterocycles. The number of pyridine rings is 1. The molecule has 1 aromatic heterocycles. The number of hydrogen-bond acceptors (Lipinski definition) is 3. The van der Waals surface area contributed by atoms with Gasteiger partial charge >= 0.3 is 0 Å². The molecule has 0 spiro atoms. The summed E-state index contributed by atoms with van der Waals surface area (Å²) >= 11 is 3.50. The van der Waals surface area contributed by atoms with E-state index in [0.29, 0.717) is 18.0 Å². The average Bonchev–Trinajstić information content (AvgIpc) is 2.72. The van der Waals surface area contributed by atoms with Crippen molar-refractivity contribution in [1.82, 2.24) is 9.88 Å². The summed E-state index contributed by atoms with van der Waals surface area (Å²) in [6, 6.07) is 3.14. The molecule has 0 aromatic carbocycles. The van der Waals surface area contributed by atoms with Crippen molar-refractivity contribution in [2.75, 3.05) is 13.1 Å². The van der Waals surface area contributed by atoms with Gasteiger partial charge in [-0.25, -0.2) is 0 Å². The second kappa shape index (κ2) is 5.46. The van der Waals surface area contributed by atoms with Crippen molar-refractivity contribution < 1.29 is 0 Å². The molecule has 0 bridgehead atoms. The number of nitrogens with zero attached hydrogens (tertiary/aromatic N) is 2. The van der Waals surface area contributed by atoms with E-state index in [-0.39, 0.29) is 0 Å². The summed E-state index contributed by atoms with van der Waals surface area (Å²) in [7, 11) is 0. The van der Waals surface area contributed by atoms with Crippen LogP contribution in [-0.4, -0.2) is 29.0 Å². The van der Waals surface area contributed by atoms with E-state index in [1.54, 1.807) is 0 Å². The first kappa shape index (κ1) is 13.0. The Balaban J connectivity index is 2.31. The van der Waals surface area contributed by atoms with E-state index in [1.165, 1.54) is 12.0 Å². The zero-order valence-electron chi connectivity index (χ0n) is 10.4. The maximum Gasteiger partial charge on any atom is 0.0410 e. The van der Waals surface area contributed by atoms with Crippen LogP contribution in [0.2, 0.25) is 0 Å². The van der Waals surface area contributed by atoms with Gasteiger partial charge in [-0.2, -0.15) is 0 Å². The molecule has 2 rings (SSSR count). The molecule has 0 aliphatic carbocycles. The van der Waals surface area contributed by atoms with Gasteiger partial charge in [0.25, 0.3) is 0 Å². The maximum absolute atomic E-state index is 5.90. The zero-order valence-corrected chi connectivity index (χ0v) is 12.0. The van der Waals surface area contributed by atoms with Crippen LogP contribution in [0.3, 0.4) is 0 Å². The Bertz CT molecular complexity index is 381. The molecule has 0 radical (unpaired) electrons. The van der Waals surface area contributed by atoms with Gasteiger partial charge in [-0.1, -0.05) is 0 Å². The highest BCUT2D eigenvalue weighted by Crippen LogP contribution is 2.38.